The number of rotatable bonds is 6. The third-order valence-electron chi connectivity index (χ3n) is 3.54. The van der Waals surface area contributed by atoms with E-state index in [9.17, 15) is 0 Å². The minimum Gasteiger partial charge on any atom is -0.396 e. The van der Waals surface area contributed by atoms with Crippen molar-refractivity contribution in [2.24, 2.45) is 0 Å². The van der Waals surface area contributed by atoms with Crippen LogP contribution in [0.15, 0.2) is 0 Å². The highest BCUT2D eigenvalue weighted by molar-refractivity contribution is 4.71. The third kappa shape index (κ3) is 5.53. The van der Waals surface area contributed by atoms with E-state index in [0.717, 1.165) is 12.5 Å². The quantitative estimate of drug-likeness (QED) is 0.686. The maximum atomic E-state index is 8.68. The lowest BCUT2D eigenvalue weighted by molar-refractivity contribution is 0.207. The van der Waals surface area contributed by atoms with Gasteiger partial charge in [-0.2, -0.15) is 0 Å². The van der Waals surface area contributed by atoms with Crippen LogP contribution in [0.4, 0.5) is 0 Å². The van der Waals surface area contributed by atoms with Crippen LogP contribution < -0.4 is 0 Å². The summed E-state index contributed by atoms with van der Waals surface area (Å²) in [5, 5.41) is 8.68. The summed E-state index contributed by atoms with van der Waals surface area (Å²) in [7, 11) is 0. The Hall–Kier alpha value is -0.0800. The number of aliphatic hydroxyl groups is 1. The van der Waals surface area contributed by atoms with E-state index in [1.54, 1.807) is 0 Å². The van der Waals surface area contributed by atoms with Gasteiger partial charge in [0.15, 0.2) is 0 Å². The summed E-state index contributed by atoms with van der Waals surface area (Å²) in [6.45, 7) is 5.31. The summed E-state index contributed by atoms with van der Waals surface area (Å²) in [6.07, 6.45) is 10.4. The van der Waals surface area contributed by atoms with E-state index in [2.05, 4.69) is 11.8 Å². The van der Waals surface area contributed by atoms with Crippen LogP contribution in [-0.4, -0.2) is 35.7 Å². The molecule has 1 N–H and O–H groups in total. The lowest BCUT2D eigenvalue weighted by Crippen LogP contribution is -2.33. The van der Waals surface area contributed by atoms with Crippen LogP contribution in [0.1, 0.15) is 58.3 Å². The normalized spacial score (nSPS) is 24.0. The molecular weight excluding hydrogens is 186 g/mol. The second-order valence-electron chi connectivity index (χ2n) is 4.87. The molecule has 2 heteroatoms. The van der Waals surface area contributed by atoms with Gasteiger partial charge in [0, 0.05) is 12.6 Å². The van der Waals surface area contributed by atoms with Gasteiger partial charge < -0.3 is 10.0 Å². The zero-order chi connectivity index (χ0) is 10.9. The molecule has 0 amide bonds. The van der Waals surface area contributed by atoms with Crippen LogP contribution >= 0.6 is 0 Å². The van der Waals surface area contributed by atoms with Gasteiger partial charge in [0.2, 0.25) is 0 Å². The monoisotopic (exact) mass is 213 g/mol. The SMILES string of the molecule is CC1CCCCCN1CCCCCCO. The fourth-order valence-electron chi connectivity index (χ4n) is 2.45. The molecular formula is C13H27NO. The first-order valence-corrected chi connectivity index (χ1v) is 6.69. The Morgan fingerprint density at radius 3 is 2.67 bits per heavy atom. The van der Waals surface area contributed by atoms with Crippen LogP contribution in [-0.2, 0) is 0 Å². The van der Waals surface area contributed by atoms with Crippen LogP contribution in [0.25, 0.3) is 0 Å². The molecule has 2 nitrogen and oxygen atoms in total. The van der Waals surface area contributed by atoms with Gasteiger partial charge in [-0.25, -0.2) is 0 Å². The van der Waals surface area contributed by atoms with Crippen molar-refractivity contribution in [2.45, 2.75) is 64.3 Å². The van der Waals surface area contributed by atoms with Crippen LogP contribution in [0.3, 0.4) is 0 Å². The van der Waals surface area contributed by atoms with Crippen molar-refractivity contribution in [1.29, 1.82) is 0 Å². The van der Waals surface area contributed by atoms with E-state index in [4.69, 9.17) is 5.11 Å². The van der Waals surface area contributed by atoms with Crippen LogP contribution in [0.5, 0.6) is 0 Å². The predicted molar refractivity (Wildman–Crippen MR) is 65.1 cm³/mol. The number of unbranched alkanes of at least 4 members (excludes halogenated alkanes) is 3. The van der Waals surface area contributed by atoms with Crippen molar-refractivity contribution >= 4 is 0 Å². The van der Waals surface area contributed by atoms with Gasteiger partial charge in [-0.1, -0.05) is 25.7 Å². The number of nitrogens with zero attached hydrogens (tertiary/aromatic N) is 1. The summed E-state index contributed by atoms with van der Waals surface area (Å²) in [5.74, 6) is 0. The Kier molecular flexibility index (Phi) is 7.03. The molecule has 1 saturated heterocycles. The Morgan fingerprint density at radius 1 is 1.07 bits per heavy atom. The summed E-state index contributed by atoms with van der Waals surface area (Å²) in [4.78, 5) is 2.66. The number of likely N-dealkylation sites (tertiary alicyclic amines) is 1. The molecule has 90 valence electrons. The molecule has 0 spiro atoms. The first-order chi connectivity index (χ1) is 7.34. The zero-order valence-electron chi connectivity index (χ0n) is 10.2. The molecule has 0 bridgehead atoms. The molecule has 0 radical (unpaired) electrons. The van der Waals surface area contributed by atoms with Gasteiger partial charge >= 0.3 is 0 Å². The minimum atomic E-state index is 0.361. The molecule has 0 aliphatic carbocycles. The van der Waals surface area contributed by atoms with Gasteiger partial charge in [-0.05, 0) is 45.7 Å². The molecule has 1 aliphatic heterocycles. The lowest BCUT2D eigenvalue weighted by atomic mass is 10.1. The fraction of sp³-hybridized carbons (Fsp3) is 1.00. The molecule has 1 aliphatic rings. The van der Waals surface area contributed by atoms with Crippen molar-refractivity contribution in [3.63, 3.8) is 0 Å². The zero-order valence-corrected chi connectivity index (χ0v) is 10.2. The van der Waals surface area contributed by atoms with Crippen molar-refractivity contribution in [1.82, 2.24) is 4.90 Å². The maximum absolute atomic E-state index is 8.68. The molecule has 1 unspecified atom stereocenters. The van der Waals surface area contributed by atoms with Crippen molar-refractivity contribution in [3.8, 4) is 0 Å². The van der Waals surface area contributed by atoms with Crippen molar-refractivity contribution in [3.05, 3.63) is 0 Å². The Morgan fingerprint density at radius 2 is 1.87 bits per heavy atom. The molecule has 1 rings (SSSR count). The largest absolute Gasteiger partial charge is 0.396 e. The number of aliphatic hydroxyl groups excluding tert-OH is 1. The van der Waals surface area contributed by atoms with Crippen molar-refractivity contribution in [2.75, 3.05) is 19.7 Å². The molecule has 1 heterocycles. The summed E-state index contributed by atoms with van der Waals surface area (Å²) >= 11 is 0. The molecule has 0 aromatic carbocycles. The van der Waals surface area contributed by atoms with E-state index in [1.807, 2.05) is 0 Å². The summed E-state index contributed by atoms with van der Waals surface area (Å²) in [5.41, 5.74) is 0. The van der Waals surface area contributed by atoms with E-state index < -0.39 is 0 Å². The Labute approximate surface area is 94.7 Å². The topological polar surface area (TPSA) is 23.5 Å². The number of hydrogen-bond acceptors (Lipinski definition) is 2. The Balaban J connectivity index is 2.07. The molecule has 0 saturated carbocycles. The third-order valence-corrected chi connectivity index (χ3v) is 3.54. The van der Waals surface area contributed by atoms with Gasteiger partial charge in [0.05, 0.1) is 0 Å². The van der Waals surface area contributed by atoms with E-state index >= 15 is 0 Å². The second kappa shape index (κ2) is 8.12. The van der Waals surface area contributed by atoms with Gasteiger partial charge in [0.1, 0.15) is 0 Å². The standard InChI is InChI=1S/C13H27NO/c1-13-9-5-4-7-11-14(13)10-6-2-3-8-12-15/h13,15H,2-12H2,1H3. The van der Waals surface area contributed by atoms with Gasteiger partial charge in [0.25, 0.3) is 0 Å². The highest BCUT2D eigenvalue weighted by Crippen LogP contribution is 2.16. The Bertz CT molecular complexity index is 149. The van der Waals surface area contributed by atoms with Crippen LogP contribution in [0.2, 0.25) is 0 Å². The van der Waals surface area contributed by atoms with Gasteiger partial charge in [-0.15, -0.1) is 0 Å². The summed E-state index contributed by atoms with van der Waals surface area (Å²) in [6, 6.07) is 0.797. The highest BCUT2D eigenvalue weighted by atomic mass is 16.2. The van der Waals surface area contributed by atoms with Gasteiger partial charge in [-0.3, -0.25) is 0 Å². The summed E-state index contributed by atoms with van der Waals surface area (Å²) < 4.78 is 0. The van der Waals surface area contributed by atoms with E-state index in [0.29, 0.717) is 6.61 Å². The molecule has 1 atom stereocenters. The predicted octanol–water partition coefficient (Wildman–Crippen LogP) is 2.80. The average molecular weight is 213 g/mol. The highest BCUT2D eigenvalue weighted by Gasteiger charge is 2.15. The minimum absolute atomic E-state index is 0.361. The van der Waals surface area contributed by atoms with Crippen LogP contribution in [0, 0.1) is 0 Å². The van der Waals surface area contributed by atoms with E-state index in [-0.39, 0.29) is 0 Å². The molecule has 0 aromatic heterocycles. The van der Waals surface area contributed by atoms with E-state index in [1.165, 1.54) is 58.0 Å². The lowest BCUT2D eigenvalue weighted by Gasteiger charge is -2.26. The second-order valence-corrected chi connectivity index (χ2v) is 4.87. The maximum Gasteiger partial charge on any atom is 0.0431 e. The number of hydrogen-bond donors (Lipinski definition) is 1. The molecule has 15 heavy (non-hydrogen) atoms. The smallest absolute Gasteiger partial charge is 0.0431 e. The molecule has 0 aromatic rings. The van der Waals surface area contributed by atoms with Crippen molar-refractivity contribution < 1.29 is 5.11 Å². The first-order valence-electron chi connectivity index (χ1n) is 6.69. The fourth-order valence-corrected chi connectivity index (χ4v) is 2.45. The average Bonchev–Trinajstić information content (AvgIpc) is 2.44. The molecule has 1 fully saturated rings. The first kappa shape index (κ1) is 13.0.